The summed E-state index contributed by atoms with van der Waals surface area (Å²) < 4.78 is 0. The largest absolute Gasteiger partial charge is 0.399 e. The molecule has 1 nitrogen and oxygen atoms in total. The minimum absolute atomic E-state index is 0.0959. The first-order valence-corrected chi connectivity index (χ1v) is 6.23. The Morgan fingerprint density at radius 2 is 1.89 bits per heavy atom. The molecule has 0 aromatic heterocycles. The summed E-state index contributed by atoms with van der Waals surface area (Å²) in [5.41, 5.74) is 11.2. The van der Waals surface area contributed by atoms with Crippen molar-refractivity contribution in [1.82, 2.24) is 0 Å². The van der Waals surface area contributed by atoms with Crippen molar-refractivity contribution in [1.29, 1.82) is 0 Å². The molecule has 0 amide bonds. The third-order valence-corrected chi connectivity index (χ3v) is 3.47. The molecule has 0 aromatic rings. The summed E-state index contributed by atoms with van der Waals surface area (Å²) in [5.74, 6) is 0. The SMILES string of the molecule is C=CC1=C(/C=C\C)C(=C)/C(=C\C(N)=C/C)C1(C)C. The average molecular weight is 241 g/mol. The Labute approximate surface area is 111 Å². The Hall–Kier alpha value is -1.76. The van der Waals surface area contributed by atoms with Crippen molar-refractivity contribution >= 4 is 0 Å². The summed E-state index contributed by atoms with van der Waals surface area (Å²) >= 11 is 0. The summed E-state index contributed by atoms with van der Waals surface area (Å²) in [4.78, 5) is 0. The molecule has 1 heteroatoms. The van der Waals surface area contributed by atoms with Gasteiger partial charge in [0.15, 0.2) is 0 Å². The van der Waals surface area contributed by atoms with Crippen LogP contribution in [-0.4, -0.2) is 0 Å². The fraction of sp³-hybridized carbons (Fsp3) is 0.294. The second-order valence-corrected chi connectivity index (χ2v) is 4.98. The molecular weight excluding hydrogens is 218 g/mol. The minimum Gasteiger partial charge on any atom is -0.399 e. The van der Waals surface area contributed by atoms with E-state index in [0.29, 0.717) is 0 Å². The minimum atomic E-state index is -0.0959. The quantitative estimate of drug-likeness (QED) is 0.777. The summed E-state index contributed by atoms with van der Waals surface area (Å²) in [5, 5.41) is 0. The molecule has 1 rings (SSSR count). The third kappa shape index (κ3) is 2.26. The standard InChI is InChI=1S/C17H23N/c1-7-10-14-12(4)16(11-13(18)8-2)17(5,6)15(14)9-3/h7-11H,3-4,18H2,1-2,5-6H3/b10-7-,13-8+,16-11+. The van der Waals surface area contributed by atoms with Gasteiger partial charge in [0.1, 0.15) is 0 Å². The van der Waals surface area contributed by atoms with Crippen LogP contribution in [-0.2, 0) is 0 Å². The van der Waals surface area contributed by atoms with Crippen molar-refractivity contribution in [2.45, 2.75) is 27.7 Å². The van der Waals surface area contributed by atoms with Crippen molar-refractivity contribution in [3.63, 3.8) is 0 Å². The molecular formula is C17H23N. The lowest BCUT2D eigenvalue weighted by atomic mass is 9.80. The van der Waals surface area contributed by atoms with Gasteiger partial charge in [0.2, 0.25) is 0 Å². The average Bonchev–Trinajstić information content (AvgIpc) is 2.50. The van der Waals surface area contributed by atoms with E-state index in [1.54, 1.807) is 0 Å². The van der Waals surface area contributed by atoms with Gasteiger partial charge >= 0.3 is 0 Å². The lowest BCUT2D eigenvalue weighted by Gasteiger charge is -2.23. The fourth-order valence-electron chi connectivity index (χ4n) is 2.41. The van der Waals surface area contributed by atoms with Gasteiger partial charge in [-0.15, -0.1) is 0 Å². The van der Waals surface area contributed by atoms with E-state index in [1.165, 1.54) is 11.1 Å². The second-order valence-electron chi connectivity index (χ2n) is 4.98. The molecule has 0 bridgehead atoms. The van der Waals surface area contributed by atoms with Gasteiger partial charge in [-0.25, -0.2) is 0 Å². The van der Waals surface area contributed by atoms with Crippen molar-refractivity contribution in [2.75, 3.05) is 0 Å². The zero-order valence-corrected chi connectivity index (χ0v) is 11.9. The lowest BCUT2D eigenvalue weighted by Crippen LogP contribution is -2.13. The Balaban J connectivity index is 3.46. The summed E-state index contributed by atoms with van der Waals surface area (Å²) in [6.07, 6.45) is 9.96. The predicted octanol–water partition coefficient (Wildman–Crippen LogP) is 4.43. The van der Waals surface area contributed by atoms with Gasteiger partial charge in [0.25, 0.3) is 0 Å². The summed E-state index contributed by atoms with van der Waals surface area (Å²) in [6.45, 7) is 16.5. The van der Waals surface area contributed by atoms with E-state index in [1.807, 2.05) is 38.2 Å². The third-order valence-electron chi connectivity index (χ3n) is 3.47. The first-order valence-electron chi connectivity index (χ1n) is 6.23. The molecule has 0 fully saturated rings. The topological polar surface area (TPSA) is 26.0 Å². The van der Waals surface area contributed by atoms with E-state index in [2.05, 4.69) is 33.1 Å². The Bertz CT molecular complexity index is 494. The smallest absolute Gasteiger partial charge is 0.0273 e. The van der Waals surface area contributed by atoms with E-state index in [-0.39, 0.29) is 5.41 Å². The maximum Gasteiger partial charge on any atom is 0.0273 e. The van der Waals surface area contributed by atoms with Crippen LogP contribution in [0.3, 0.4) is 0 Å². The van der Waals surface area contributed by atoms with Crippen LogP contribution in [0.1, 0.15) is 27.7 Å². The Kier molecular flexibility index (Phi) is 4.18. The molecule has 18 heavy (non-hydrogen) atoms. The maximum atomic E-state index is 5.92. The highest BCUT2D eigenvalue weighted by molar-refractivity contribution is 5.67. The van der Waals surface area contributed by atoms with Gasteiger partial charge in [-0.3, -0.25) is 0 Å². The molecule has 96 valence electrons. The van der Waals surface area contributed by atoms with E-state index in [9.17, 15) is 0 Å². The van der Waals surface area contributed by atoms with Crippen LogP contribution >= 0.6 is 0 Å². The van der Waals surface area contributed by atoms with Crippen molar-refractivity contribution in [3.05, 3.63) is 71.5 Å². The molecule has 0 aromatic carbocycles. The fourth-order valence-corrected chi connectivity index (χ4v) is 2.41. The molecule has 0 atom stereocenters. The number of hydrogen-bond acceptors (Lipinski definition) is 1. The predicted molar refractivity (Wildman–Crippen MR) is 81.0 cm³/mol. The molecule has 0 heterocycles. The normalized spacial score (nSPS) is 22.3. The number of hydrogen-bond donors (Lipinski definition) is 1. The summed E-state index contributed by atoms with van der Waals surface area (Å²) in [7, 11) is 0. The van der Waals surface area contributed by atoms with Crippen molar-refractivity contribution < 1.29 is 0 Å². The summed E-state index contributed by atoms with van der Waals surface area (Å²) in [6, 6.07) is 0. The van der Waals surface area contributed by atoms with Gasteiger partial charge in [0, 0.05) is 11.1 Å². The first kappa shape index (κ1) is 14.3. The lowest BCUT2D eigenvalue weighted by molar-refractivity contribution is 0.578. The van der Waals surface area contributed by atoms with Crippen LogP contribution in [0.5, 0.6) is 0 Å². The first-order chi connectivity index (χ1) is 8.39. The molecule has 0 radical (unpaired) electrons. The number of rotatable bonds is 3. The van der Waals surface area contributed by atoms with E-state index in [0.717, 1.165) is 16.8 Å². The van der Waals surface area contributed by atoms with Gasteiger partial charge in [0.05, 0.1) is 0 Å². The number of nitrogens with two attached hydrogens (primary N) is 1. The van der Waals surface area contributed by atoms with Crippen molar-refractivity contribution in [3.8, 4) is 0 Å². The van der Waals surface area contributed by atoms with E-state index >= 15 is 0 Å². The maximum absolute atomic E-state index is 5.92. The van der Waals surface area contributed by atoms with Gasteiger partial charge < -0.3 is 5.73 Å². The van der Waals surface area contributed by atoms with Crippen LogP contribution in [0.4, 0.5) is 0 Å². The second kappa shape index (κ2) is 5.26. The van der Waals surface area contributed by atoms with Gasteiger partial charge in [-0.2, -0.15) is 0 Å². The monoisotopic (exact) mass is 241 g/mol. The molecule has 0 saturated heterocycles. The van der Waals surface area contributed by atoms with Gasteiger partial charge in [-0.1, -0.05) is 51.3 Å². The molecule has 0 saturated carbocycles. The van der Waals surface area contributed by atoms with Crippen LogP contribution < -0.4 is 5.73 Å². The highest BCUT2D eigenvalue weighted by Crippen LogP contribution is 2.50. The number of allylic oxidation sites excluding steroid dienone is 9. The van der Waals surface area contributed by atoms with Crippen LogP contribution in [0, 0.1) is 5.41 Å². The Morgan fingerprint density at radius 3 is 2.33 bits per heavy atom. The van der Waals surface area contributed by atoms with E-state index in [4.69, 9.17) is 5.73 Å². The van der Waals surface area contributed by atoms with Crippen LogP contribution in [0.2, 0.25) is 0 Å². The van der Waals surface area contributed by atoms with Crippen molar-refractivity contribution in [2.24, 2.45) is 11.1 Å². The zero-order valence-electron chi connectivity index (χ0n) is 11.9. The molecule has 0 aliphatic heterocycles. The zero-order chi connectivity index (χ0) is 13.9. The Morgan fingerprint density at radius 1 is 1.28 bits per heavy atom. The van der Waals surface area contributed by atoms with Gasteiger partial charge in [-0.05, 0) is 42.2 Å². The molecule has 2 N–H and O–H groups in total. The molecule has 0 spiro atoms. The van der Waals surface area contributed by atoms with E-state index < -0.39 is 0 Å². The van der Waals surface area contributed by atoms with Crippen LogP contribution in [0.15, 0.2) is 71.5 Å². The molecule has 1 aliphatic carbocycles. The highest BCUT2D eigenvalue weighted by Gasteiger charge is 2.36. The van der Waals surface area contributed by atoms with Crippen LogP contribution in [0.25, 0.3) is 0 Å². The highest BCUT2D eigenvalue weighted by atomic mass is 14.6. The molecule has 0 unspecified atom stereocenters. The molecule has 1 aliphatic rings.